The van der Waals surface area contributed by atoms with Crippen molar-refractivity contribution in [3.8, 4) is 0 Å². The third-order valence-electron chi connectivity index (χ3n) is 5.32. The number of carbonyl (C=O) groups is 3. The lowest BCUT2D eigenvalue weighted by Crippen LogP contribution is -2.64. The Kier molecular flexibility index (Phi) is 7.01. The molecule has 0 radical (unpaired) electrons. The van der Waals surface area contributed by atoms with Crippen LogP contribution < -0.4 is 5.32 Å². The number of benzene rings is 1. The Hall–Kier alpha value is -2.61. The van der Waals surface area contributed by atoms with Crippen LogP contribution in [0.1, 0.15) is 32.8 Å². The van der Waals surface area contributed by atoms with E-state index in [2.05, 4.69) is 5.32 Å². The largest absolute Gasteiger partial charge is 0.514 e. The number of ether oxygens (including phenoxy) is 1. The summed E-state index contributed by atoms with van der Waals surface area (Å²) in [6, 6.07) is 9.27. The first-order valence-corrected chi connectivity index (χ1v) is 9.49. The Morgan fingerprint density at radius 2 is 1.82 bits per heavy atom. The minimum Gasteiger partial charge on any atom is -0.445 e. The van der Waals surface area contributed by atoms with Crippen LogP contribution in [0.15, 0.2) is 30.3 Å². The van der Waals surface area contributed by atoms with Crippen LogP contribution in [0.4, 0.5) is 9.59 Å². The molecule has 3 amide bonds. The zero-order chi connectivity index (χ0) is 20.8. The summed E-state index contributed by atoms with van der Waals surface area (Å²) in [4.78, 5) is 37.8. The van der Waals surface area contributed by atoms with E-state index >= 15 is 0 Å². The maximum absolute atomic E-state index is 12.5. The lowest BCUT2D eigenvalue weighted by molar-refractivity contribution is -0.901. The minimum atomic E-state index is -0.871. The molecule has 1 unspecified atom stereocenters. The number of nitrogens with one attached hydrogen (secondary N) is 1. The Morgan fingerprint density at radius 1 is 1.14 bits per heavy atom. The van der Waals surface area contributed by atoms with E-state index in [-0.39, 0.29) is 23.5 Å². The molecule has 1 aromatic carbocycles. The monoisotopic (exact) mass is 392 g/mol. The third-order valence-corrected chi connectivity index (χ3v) is 5.32. The molecule has 0 saturated carbocycles. The highest BCUT2D eigenvalue weighted by molar-refractivity contribution is 5.82. The van der Waals surface area contributed by atoms with Gasteiger partial charge in [0.25, 0.3) is 0 Å². The van der Waals surface area contributed by atoms with E-state index in [9.17, 15) is 19.5 Å². The van der Waals surface area contributed by atoms with Crippen LogP contribution in [0.25, 0.3) is 0 Å². The molecule has 0 aliphatic carbocycles. The van der Waals surface area contributed by atoms with Crippen molar-refractivity contribution >= 4 is 18.1 Å². The summed E-state index contributed by atoms with van der Waals surface area (Å²) in [5.41, 5.74) is 0.395. The molecule has 1 atom stereocenters. The molecule has 1 fully saturated rings. The molecule has 28 heavy (non-hydrogen) atoms. The molecule has 1 saturated heterocycles. The fourth-order valence-corrected chi connectivity index (χ4v) is 3.48. The molecule has 2 N–H and O–H groups in total. The molecule has 154 valence electrons. The number of carbonyl (C=O) groups excluding carboxylic acids is 2. The standard InChI is InChI=1S/C20H29N3O5/c1-20(2,3)23(19(26)27)12-7-10-22(11-13-23)17(24)14-21-18(25)28-15-16-8-5-4-6-9-16/h4-6,8-9H,7,10-15H2,1-3H3,(H-,21,25,26,27)/p+1. The quantitative estimate of drug-likeness (QED) is 0.768. The van der Waals surface area contributed by atoms with E-state index in [0.29, 0.717) is 32.6 Å². The number of rotatable bonds is 4. The van der Waals surface area contributed by atoms with Crippen molar-refractivity contribution in [1.29, 1.82) is 0 Å². The van der Waals surface area contributed by atoms with Gasteiger partial charge >= 0.3 is 12.2 Å². The average Bonchev–Trinajstić information content (AvgIpc) is 2.89. The Balaban J connectivity index is 1.84. The normalized spacial score (nSPS) is 20.2. The fourth-order valence-electron chi connectivity index (χ4n) is 3.48. The van der Waals surface area contributed by atoms with Gasteiger partial charge in [0, 0.05) is 13.0 Å². The number of carboxylic acid groups (broad SMARTS) is 1. The summed E-state index contributed by atoms with van der Waals surface area (Å²) in [6.45, 7) is 7.30. The average molecular weight is 392 g/mol. The van der Waals surface area contributed by atoms with Crippen LogP contribution in [0.3, 0.4) is 0 Å². The van der Waals surface area contributed by atoms with Gasteiger partial charge in [-0.25, -0.2) is 9.28 Å². The SMILES string of the molecule is CC(C)(C)[N+]1(C(=O)O)CCCN(C(=O)CNC(=O)OCc2ccccc2)CC1. The molecule has 2 rings (SSSR count). The zero-order valence-corrected chi connectivity index (χ0v) is 16.8. The molecule has 1 aliphatic rings. The maximum atomic E-state index is 12.5. The summed E-state index contributed by atoms with van der Waals surface area (Å²) >= 11 is 0. The second kappa shape index (κ2) is 9.05. The molecule has 1 heterocycles. The van der Waals surface area contributed by atoms with Crippen LogP contribution >= 0.6 is 0 Å². The van der Waals surface area contributed by atoms with Gasteiger partial charge in [-0.3, -0.25) is 4.79 Å². The van der Waals surface area contributed by atoms with Crippen LogP contribution in [0.5, 0.6) is 0 Å². The lowest BCUT2D eigenvalue weighted by Gasteiger charge is -2.42. The van der Waals surface area contributed by atoms with E-state index in [1.165, 1.54) is 0 Å². The molecule has 1 aliphatic heterocycles. The van der Waals surface area contributed by atoms with Gasteiger partial charge < -0.3 is 20.1 Å². The van der Waals surface area contributed by atoms with E-state index in [1.807, 2.05) is 51.1 Å². The van der Waals surface area contributed by atoms with Crippen LogP contribution in [-0.4, -0.2) is 70.8 Å². The van der Waals surface area contributed by atoms with Crippen molar-refractivity contribution < 1.29 is 28.7 Å². The van der Waals surface area contributed by atoms with Crippen LogP contribution in [-0.2, 0) is 16.1 Å². The number of alkyl carbamates (subject to hydrolysis) is 1. The van der Waals surface area contributed by atoms with Gasteiger partial charge in [-0.1, -0.05) is 30.3 Å². The summed E-state index contributed by atoms with van der Waals surface area (Å²) in [5.74, 6) is -0.240. The van der Waals surface area contributed by atoms with Gasteiger partial charge in [0.1, 0.15) is 25.2 Å². The van der Waals surface area contributed by atoms with Gasteiger partial charge in [-0.2, -0.15) is 4.79 Å². The first-order chi connectivity index (χ1) is 13.2. The van der Waals surface area contributed by atoms with Gasteiger partial charge in [0.05, 0.1) is 13.1 Å². The van der Waals surface area contributed by atoms with Crippen molar-refractivity contribution in [2.24, 2.45) is 0 Å². The number of quaternary nitrogens is 1. The van der Waals surface area contributed by atoms with Crippen molar-refractivity contribution in [2.75, 3.05) is 32.7 Å². The fraction of sp³-hybridized carbons (Fsp3) is 0.550. The van der Waals surface area contributed by atoms with E-state index in [4.69, 9.17) is 4.74 Å². The summed E-state index contributed by atoms with van der Waals surface area (Å²) < 4.78 is 5.02. The van der Waals surface area contributed by atoms with Gasteiger partial charge in [0.2, 0.25) is 5.91 Å². The third kappa shape index (κ3) is 5.22. The van der Waals surface area contributed by atoms with Crippen LogP contribution in [0, 0.1) is 0 Å². The smallest absolute Gasteiger partial charge is 0.445 e. The molecule has 0 aromatic heterocycles. The predicted octanol–water partition coefficient (Wildman–Crippen LogP) is 2.44. The topological polar surface area (TPSA) is 95.9 Å². The zero-order valence-electron chi connectivity index (χ0n) is 16.8. The van der Waals surface area contributed by atoms with E-state index < -0.39 is 17.7 Å². The highest BCUT2D eigenvalue weighted by Crippen LogP contribution is 2.27. The van der Waals surface area contributed by atoms with E-state index in [1.54, 1.807) is 4.90 Å². The summed E-state index contributed by atoms with van der Waals surface area (Å²) in [6.07, 6.45) is -0.935. The molecule has 0 spiro atoms. The lowest BCUT2D eigenvalue weighted by atomic mass is 10.0. The van der Waals surface area contributed by atoms with E-state index in [0.717, 1.165) is 5.56 Å². The van der Waals surface area contributed by atoms with Gasteiger partial charge in [-0.15, -0.1) is 0 Å². The van der Waals surface area contributed by atoms with Crippen molar-refractivity contribution in [3.05, 3.63) is 35.9 Å². The Labute approximate surface area is 165 Å². The highest BCUT2D eigenvalue weighted by atomic mass is 16.5. The second-order valence-corrected chi connectivity index (χ2v) is 8.02. The first kappa shape index (κ1) is 21.7. The molecular formula is C20H30N3O5+. The minimum absolute atomic E-state index is 0.0800. The molecule has 1 aromatic rings. The van der Waals surface area contributed by atoms with Gasteiger partial charge in [-0.05, 0) is 26.3 Å². The number of nitrogens with zero attached hydrogens (tertiary/aromatic N) is 2. The maximum Gasteiger partial charge on any atom is 0.514 e. The first-order valence-electron chi connectivity index (χ1n) is 9.49. The molecular weight excluding hydrogens is 362 g/mol. The number of amides is 3. The molecule has 8 heteroatoms. The molecule has 8 nitrogen and oxygen atoms in total. The predicted molar refractivity (Wildman–Crippen MR) is 104 cm³/mol. The van der Waals surface area contributed by atoms with Crippen molar-refractivity contribution in [1.82, 2.24) is 10.2 Å². The van der Waals surface area contributed by atoms with Crippen molar-refractivity contribution in [2.45, 2.75) is 39.3 Å². The Bertz CT molecular complexity index is 702. The second-order valence-electron chi connectivity index (χ2n) is 8.02. The number of hydrogen-bond acceptors (Lipinski definition) is 4. The van der Waals surface area contributed by atoms with Crippen molar-refractivity contribution in [3.63, 3.8) is 0 Å². The van der Waals surface area contributed by atoms with Crippen LogP contribution in [0.2, 0.25) is 0 Å². The molecule has 0 bridgehead atoms. The summed E-state index contributed by atoms with van der Waals surface area (Å²) in [7, 11) is 0. The summed E-state index contributed by atoms with van der Waals surface area (Å²) in [5, 5.41) is 12.3. The highest BCUT2D eigenvalue weighted by Gasteiger charge is 2.48. The number of hydrogen-bond donors (Lipinski definition) is 2. The van der Waals surface area contributed by atoms with Gasteiger partial charge in [0.15, 0.2) is 0 Å². The Morgan fingerprint density at radius 3 is 2.43 bits per heavy atom.